The van der Waals surface area contributed by atoms with E-state index < -0.39 is 23.9 Å². The Bertz CT molecular complexity index is 1440. The van der Waals surface area contributed by atoms with Gasteiger partial charge in [-0.15, -0.1) is 0 Å². The summed E-state index contributed by atoms with van der Waals surface area (Å²) in [5.74, 6) is -1.06. The molecule has 4 aromatic rings. The summed E-state index contributed by atoms with van der Waals surface area (Å²) in [6.07, 6.45) is 1.38. The minimum absolute atomic E-state index is 0.154. The fraction of sp³-hybridized carbons (Fsp3) is 0.0741. The first-order valence-corrected chi connectivity index (χ1v) is 11.5. The number of imide groups is 2. The van der Waals surface area contributed by atoms with Crippen molar-refractivity contribution in [3.8, 4) is 0 Å². The molecule has 34 heavy (non-hydrogen) atoms. The predicted molar refractivity (Wildman–Crippen MR) is 130 cm³/mol. The lowest BCUT2D eigenvalue weighted by atomic mass is 10.0. The highest BCUT2D eigenvalue weighted by Gasteiger charge is 2.39. The Kier molecular flexibility index (Phi) is 5.77. The highest BCUT2D eigenvalue weighted by molar-refractivity contribution is 7.99. The van der Waals surface area contributed by atoms with E-state index >= 15 is 0 Å². The second-order valence-electron chi connectivity index (χ2n) is 7.82. The first-order valence-electron chi connectivity index (χ1n) is 10.7. The van der Waals surface area contributed by atoms with Gasteiger partial charge in [0.2, 0.25) is 0 Å². The third-order valence-corrected chi connectivity index (χ3v) is 6.65. The molecule has 7 heteroatoms. The smallest absolute Gasteiger partial charge is 0.331 e. The van der Waals surface area contributed by atoms with Crippen molar-refractivity contribution in [2.75, 3.05) is 0 Å². The molecule has 1 aliphatic rings. The number of hydrogen-bond acceptors (Lipinski definition) is 5. The molecule has 0 radical (unpaired) electrons. The molecular weight excluding hydrogens is 448 g/mol. The number of fused-ring (bicyclic) bond motifs is 1. The van der Waals surface area contributed by atoms with E-state index in [0.29, 0.717) is 10.9 Å². The molecule has 1 atom stereocenters. The number of nitrogens with zero attached hydrogens (tertiary/aromatic N) is 1. The molecule has 1 fully saturated rings. The average Bonchev–Trinajstić information content (AvgIpc) is 3.29. The van der Waals surface area contributed by atoms with Crippen molar-refractivity contribution >= 4 is 46.5 Å². The van der Waals surface area contributed by atoms with Crippen LogP contribution in [0.5, 0.6) is 0 Å². The summed E-state index contributed by atoms with van der Waals surface area (Å²) < 4.78 is 5.89. The number of nitrogens with one attached hydrogen (secondary N) is 1. The molecule has 168 valence electrons. The molecule has 2 heterocycles. The molecule has 1 aliphatic heterocycles. The van der Waals surface area contributed by atoms with Crippen molar-refractivity contribution in [3.63, 3.8) is 0 Å². The van der Waals surface area contributed by atoms with Gasteiger partial charge in [-0.25, -0.2) is 4.79 Å². The van der Waals surface area contributed by atoms with Crippen molar-refractivity contribution in [2.24, 2.45) is 0 Å². The lowest BCUT2D eigenvalue weighted by Gasteiger charge is -2.31. The molecule has 0 unspecified atom stereocenters. The maximum absolute atomic E-state index is 13.1. The minimum Gasteiger partial charge on any atom is -0.450 e. The van der Waals surface area contributed by atoms with Gasteiger partial charge in [-0.05, 0) is 47.5 Å². The zero-order chi connectivity index (χ0) is 23.7. The zero-order valence-electron chi connectivity index (χ0n) is 18.2. The third kappa shape index (κ3) is 4.13. The highest BCUT2D eigenvalue weighted by atomic mass is 32.2. The molecular formula is C27H20N2O4S. The summed E-state index contributed by atoms with van der Waals surface area (Å²) in [7, 11) is 0. The van der Waals surface area contributed by atoms with Crippen molar-refractivity contribution in [3.05, 3.63) is 102 Å². The van der Waals surface area contributed by atoms with Gasteiger partial charge in [0.1, 0.15) is 11.3 Å². The quantitative estimate of drug-likeness (QED) is 0.295. The summed E-state index contributed by atoms with van der Waals surface area (Å²) in [5.41, 5.74) is 0.630. The average molecular weight is 469 g/mol. The van der Waals surface area contributed by atoms with E-state index in [0.717, 1.165) is 26.1 Å². The first kappa shape index (κ1) is 21.7. The SMILES string of the molecule is C[C@H](c1ccccc1)N1C(=O)NC(=O)/C(=C/c2ccc(Sc3cccc4ccccc34)o2)C1=O. The lowest BCUT2D eigenvalue weighted by Crippen LogP contribution is -2.54. The van der Waals surface area contributed by atoms with Crippen molar-refractivity contribution in [1.29, 1.82) is 0 Å². The molecule has 0 spiro atoms. The molecule has 0 aliphatic carbocycles. The number of benzene rings is 3. The first-order chi connectivity index (χ1) is 16.5. The molecule has 1 saturated heterocycles. The Morgan fingerprint density at radius 3 is 2.44 bits per heavy atom. The number of urea groups is 1. The Morgan fingerprint density at radius 2 is 1.62 bits per heavy atom. The summed E-state index contributed by atoms with van der Waals surface area (Å²) in [4.78, 5) is 40.2. The van der Waals surface area contributed by atoms with E-state index in [4.69, 9.17) is 4.42 Å². The van der Waals surface area contributed by atoms with Gasteiger partial charge in [-0.1, -0.05) is 78.5 Å². The van der Waals surface area contributed by atoms with Gasteiger partial charge in [-0.3, -0.25) is 19.8 Å². The zero-order valence-corrected chi connectivity index (χ0v) is 19.0. The van der Waals surface area contributed by atoms with Crippen LogP contribution in [0.2, 0.25) is 0 Å². The maximum atomic E-state index is 13.1. The largest absolute Gasteiger partial charge is 0.450 e. The van der Waals surface area contributed by atoms with E-state index in [2.05, 4.69) is 5.32 Å². The maximum Gasteiger partial charge on any atom is 0.331 e. The van der Waals surface area contributed by atoms with Crippen LogP contribution in [0.4, 0.5) is 4.79 Å². The van der Waals surface area contributed by atoms with E-state index in [1.807, 2.05) is 72.8 Å². The summed E-state index contributed by atoms with van der Waals surface area (Å²) in [6.45, 7) is 1.74. The Morgan fingerprint density at radius 1 is 0.882 bits per heavy atom. The van der Waals surface area contributed by atoms with Crippen LogP contribution in [0, 0.1) is 0 Å². The number of barbiturate groups is 1. The standard InChI is InChI=1S/C27H20N2O4S/c1-17(18-8-3-2-4-9-18)29-26(31)22(25(30)28-27(29)32)16-20-14-15-24(33-20)34-23-13-7-11-19-10-5-6-12-21(19)23/h2-17H,1H3,(H,28,30,32)/b22-16-/t17-/m1/s1. The van der Waals surface area contributed by atoms with E-state index in [1.165, 1.54) is 17.8 Å². The number of hydrogen-bond donors (Lipinski definition) is 1. The second kappa shape index (κ2) is 9.03. The number of rotatable bonds is 5. The van der Waals surface area contributed by atoms with Crippen molar-refractivity contribution < 1.29 is 18.8 Å². The Hall–Kier alpha value is -4.10. The van der Waals surface area contributed by atoms with Crippen LogP contribution in [0.15, 0.2) is 105 Å². The predicted octanol–water partition coefficient (Wildman–Crippen LogP) is 5.81. The number of carbonyl (C=O) groups excluding carboxylic acids is 3. The summed E-state index contributed by atoms with van der Waals surface area (Å²) in [5, 5.41) is 5.12. The van der Waals surface area contributed by atoms with Crippen LogP contribution in [-0.4, -0.2) is 22.7 Å². The van der Waals surface area contributed by atoms with Crippen molar-refractivity contribution in [1.82, 2.24) is 10.2 Å². The number of furan rings is 1. The van der Waals surface area contributed by atoms with E-state index in [-0.39, 0.29) is 5.57 Å². The van der Waals surface area contributed by atoms with Gasteiger partial charge < -0.3 is 4.42 Å². The van der Waals surface area contributed by atoms with Gasteiger partial charge >= 0.3 is 6.03 Å². The van der Waals surface area contributed by atoms with E-state index in [1.54, 1.807) is 19.1 Å². The molecule has 5 rings (SSSR count). The molecule has 0 saturated carbocycles. The topological polar surface area (TPSA) is 79.6 Å². The third-order valence-electron chi connectivity index (χ3n) is 5.65. The molecule has 1 aromatic heterocycles. The lowest BCUT2D eigenvalue weighted by molar-refractivity contribution is -0.131. The van der Waals surface area contributed by atoms with Crippen LogP contribution >= 0.6 is 11.8 Å². The molecule has 4 amide bonds. The minimum atomic E-state index is -0.744. The normalized spacial score (nSPS) is 16.2. The van der Waals surface area contributed by atoms with E-state index in [9.17, 15) is 14.4 Å². The Labute approximate surface area is 200 Å². The van der Waals surface area contributed by atoms with Gasteiger partial charge in [0, 0.05) is 4.90 Å². The van der Waals surface area contributed by atoms with Gasteiger partial charge in [0.15, 0.2) is 5.09 Å². The molecule has 6 nitrogen and oxygen atoms in total. The number of amides is 4. The van der Waals surface area contributed by atoms with Crippen LogP contribution in [-0.2, 0) is 9.59 Å². The van der Waals surface area contributed by atoms with Crippen LogP contribution in [0.1, 0.15) is 24.3 Å². The second-order valence-corrected chi connectivity index (χ2v) is 8.86. The van der Waals surface area contributed by atoms with Crippen molar-refractivity contribution in [2.45, 2.75) is 23.0 Å². The van der Waals surface area contributed by atoms with Crippen LogP contribution in [0.25, 0.3) is 16.8 Å². The molecule has 1 N–H and O–H groups in total. The highest BCUT2D eigenvalue weighted by Crippen LogP contribution is 2.35. The van der Waals surface area contributed by atoms with Crippen LogP contribution in [0.3, 0.4) is 0 Å². The monoisotopic (exact) mass is 468 g/mol. The van der Waals surface area contributed by atoms with Gasteiger partial charge in [-0.2, -0.15) is 0 Å². The Balaban J connectivity index is 1.41. The summed E-state index contributed by atoms with van der Waals surface area (Å²) >= 11 is 1.46. The van der Waals surface area contributed by atoms with Gasteiger partial charge in [0.05, 0.1) is 6.04 Å². The number of carbonyl (C=O) groups is 3. The van der Waals surface area contributed by atoms with Crippen LogP contribution < -0.4 is 5.32 Å². The molecule has 0 bridgehead atoms. The molecule has 3 aromatic carbocycles. The fourth-order valence-electron chi connectivity index (χ4n) is 3.91. The fourth-order valence-corrected chi connectivity index (χ4v) is 4.84. The summed E-state index contributed by atoms with van der Waals surface area (Å²) in [6, 6.07) is 25.5. The van der Waals surface area contributed by atoms with Gasteiger partial charge in [0.25, 0.3) is 11.8 Å².